The maximum absolute atomic E-state index is 15.4. The van der Waals surface area contributed by atoms with Crippen molar-refractivity contribution in [3.05, 3.63) is 69.4 Å². The molecule has 3 aliphatic rings. The zero-order valence-corrected chi connectivity index (χ0v) is 34.3. The Morgan fingerprint density at radius 2 is 1.66 bits per heavy atom. The number of amides is 2. The molecule has 2 amide bonds. The third-order valence-electron chi connectivity index (χ3n) is 11.9. The standard InChI is InChI=1S/C42H59FN4O5Si/c1-28-34(22-30(23-36(28)43)37(48)44-32-12-13-32)29-11-14-33-35(21-29)31(24-45-17-19-46(20-18-45)39(50)52-40(2,3)4)25-47(38(33)49)26-42(15-10-16-42)27-51-53(8,9)41(5,6)7/h11,14,21-23,25,32H,10,12-13,15-20,24,26-27H2,1-9H3,(H,44,48). The summed E-state index contributed by atoms with van der Waals surface area (Å²) in [6.07, 6.45) is 6.76. The van der Waals surface area contributed by atoms with Crippen molar-refractivity contribution in [2.45, 2.75) is 123 Å². The molecule has 0 radical (unpaired) electrons. The topological polar surface area (TPSA) is 93.1 Å². The molecule has 1 N–H and O–H groups in total. The second-order valence-corrected chi connectivity index (χ2v) is 23.2. The maximum atomic E-state index is 15.4. The fraction of sp³-hybridized carbons (Fsp3) is 0.595. The van der Waals surface area contributed by atoms with Crippen LogP contribution in [0.1, 0.15) is 95.1 Å². The summed E-state index contributed by atoms with van der Waals surface area (Å²) in [4.78, 5) is 44.2. The number of fused-ring (bicyclic) bond motifs is 1. The lowest BCUT2D eigenvalue weighted by atomic mass is 9.69. The first-order valence-corrected chi connectivity index (χ1v) is 22.3. The number of benzene rings is 2. The maximum Gasteiger partial charge on any atom is 0.410 e. The number of rotatable bonds is 10. The first-order chi connectivity index (χ1) is 24.7. The molecule has 9 nitrogen and oxygen atoms in total. The van der Waals surface area contributed by atoms with Crippen LogP contribution in [0.5, 0.6) is 0 Å². The van der Waals surface area contributed by atoms with Gasteiger partial charge in [-0.15, -0.1) is 0 Å². The van der Waals surface area contributed by atoms with Crippen LogP contribution in [0.25, 0.3) is 21.9 Å². The van der Waals surface area contributed by atoms with E-state index in [0.717, 1.165) is 48.6 Å². The smallest absolute Gasteiger partial charge is 0.410 e. The van der Waals surface area contributed by atoms with Crippen LogP contribution >= 0.6 is 0 Å². The van der Waals surface area contributed by atoms with Crippen LogP contribution in [0.3, 0.4) is 0 Å². The molecule has 6 rings (SSSR count). The number of pyridine rings is 1. The van der Waals surface area contributed by atoms with E-state index in [2.05, 4.69) is 44.1 Å². The van der Waals surface area contributed by atoms with Crippen molar-refractivity contribution in [1.82, 2.24) is 19.7 Å². The van der Waals surface area contributed by atoms with E-state index < -0.39 is 19.7 Å². The van der Waals surface area contributed by atoms with Gasteiger partial charge in [0.2, 0.25) is 0 Å². The van der Waals surface area contributed by atoms with Crippen LogP contribution in [0.4, 0.5) is 9.18 Å². The molecule has 288 valence electrons. The molecule has 1 aliphatic heterocycles. The predicted octanol–water partition coefficient (Wildman–Crippen LogP) is 8.25. The SMILES string of the molecule is Cc1c(F)cc(C(=O)NC2CC2)cc1-c1ccc2c(=O)n(CC3(CO[Si](C)(C)C(C)(C)C)CCC3)cc(CN3CCN(C(=O)OC(C)(C)C)CC3)c2c1. The van der Waals surface area contributed by atoms with Gasteiger partial charge in [0.05, 0.1) is 0 Å². The van der Waals surface area contributed by atoms with Gasteiger partial charge in [0.15, 0.2) is 8.32 Å². The largest absolute Gasteiger partial charge is 0.444 e. The molecule has 3 aromatic rings. The average Bonchev–Trinajstić information content (AvgIpc) is 3.88. The molecule has 2 aliphatic carbocycles. The van der Waals surface area contributed by atoms with E-state index in [9.17, 15) is 14.4 Å². The van der Waals surface area contributed by atoms with Crippen LogP contribution in [-0.4, -0.2) is 79.1 Å². The van der Waals surface area contributed by atoms with E-state index in [4.69, 9.17) is 9.16 Å². The van der Waals surface area contributed by atoms with Gasteiger partial charge in [-0.1, -0.05) is 33.3 Å². The summed E-state index contributed by atoms with van der Waals surface area (Å²) in [6, 6.07) is 8.95. The van der Waals surface area contributed by atoms with E-state index in [1.165, 1.54) is 6.07 Å². The number of halogens is 1. The van der Waals surface area contributed by atoms with Gasteiger partial charge in [-0.3, -0.25) is 14.5 Å². The zero-order chi connectivity index (χ0) is 38.5. The molecule has 2 saturated carbocycles. The Bertz CT molecular complexity index is 1930. The van der Waals surface area contributed by atoms with E-state index in [1.807, 2.05) is 49.7 Å². The third kappa shape index (κ3) is 8.89. The predicted molar refractivity (Wildman–Crippen MR) is 211 cm³/mol. The number of hydrogen-bond acceptors (Lipinski definition) is 6. The highest BCUT2D eigenvalue weighted by atomic mass is 28.4. The first-order valence-electron chi connectivity index (χ1n) is 19.4. The summed E-state index contributed by atoms with van der Waals surface area (Å²) in [6.45, 7) is 22.9. The molecule has 53 heavy (non-hydrogen) atoms. The minimum atomic E-state index is -1.99. The third-order valence-corrected chi connectivity index (χ3v) is 16.4. The fourth-order valence-corrected chi connectivity index (χ4v) is 8.18. The summed E-state index contributed by atoms with van der Waals surface area (Å²) in [5.41, 5.74) is 2.41. The minimum absolute atomic E-state index is 0.0517. The number of carbonyl (C=O) groups excluding carboxylic acids is 2. The van der Waals surface area contributed by atoms with Gasteiger partial charge < -0.3 is 23.9 Å². The molecule has 2 aromatic carbocycles. The first kappa shape index (κ1) is 39.2. The molecular weight excluding hydrogens is 688 g/mol. The summed E-state index contributed by atoms with van der Waals surface area (Å²) in [5, 5.41) is 4.49. The number of nitrogens with one attached hydrogen (secondary N) is 1. The molecule has 1 aromatic heterocycles. The second-order valence-electron chi connectivity index (χ2n) is 18.4. The number of hydrogen-bond donors (Lipinski definition) is 1. The summed E-state index contributed by atoms with van der Waals surface area (Å²) < 4.78 is 29.6. The van der Waals surface area contributed by atoms with Gasteiger partial charge >= 0.3 is 6.09 Å². The van der Waals surface area contributed by atoms with Crippen LogP contribution in [0, 0.1) is 18.2 Å². The molecule has 3 fully saturated rings. The molecule has 1 saturated heterocycles. The monoisotopic (exact) mass is 746 g/mol. The molecule has 0 unspecified atom stereocenters. The van der Waals surface area contributed by atoms with Crippen molar-refractivity contribution in [3.8, 4) is 11.1 Å². The highest BCUT2D eigenvalue weighted by Gasteiger charge is 2.43. The molecule has 0 spiro atoms. The summed E-state index contributed by atoms with van der Waals surface area (Å²) in [5.74, 6) is -0.710. The number of ether oxygens (including phenoxy) is 1. The van der Waals surface area contributed by atoms with E-state index >= 15 is 4.39 Å². The Morgan fingerprint density at radius 3 is 2.25 bits per heavy atom. The Kier molecular flexibility index (Phi) is 10.8. The van der Waals surface area contributed by atoms with Crippen molar-refractivity contribution < 1.29 is 23.1 Å². The normalized spacial score (nSPS) is 18.2. The Balaban J connectivity index is 1.35. The highest BCUT2D eigenvalue weighted by Crippen LogP contribution is 2.45. The molecule has 2 heterocycles. The van der Waals surface area contributed by atoms with Crippen LogP contribution in [-0.2, 0) is 22.3 Å². The molecule has 0 atom stereocenters. The number of aromatic nitrogens is 1. The zero-order valence-electron chi connectivity index (χ0n) is 33.3. The fourth-order valence-electron chi connectivity index (χ4n) is 7.08. The van der Waals surface area contributed by atoms with Crippen LogP contribution in [0.15, 0.2) is 41.3 Å². The van der Waals surface area contributed by atoms with Gasteiger partial charge in [0, 0.05) is 74.5 Å². The quantitative estimate of drug-likeness (QED) is 0.210. The van der Waals surface area contributed by atoms with Gasteiger partial charge in [-0.05, 0) is 123 Å². The van der Waals surface area contributed by atoms with E-state index in [0.29, 0.717) is 68.0 Å². The van der Waals surface area contributed by atoms with Gasteiger partial charge in [0.25, 0.3) is 11.5 Å². The molecule has 11 heteroatoms. The lowest BCUT2D eigenvalue weighted by Crippen LogP contribution is -2.49. The lowest BCUT2D eigenvalue weighted by molar-refractivity contribution is 0.0138. The minimum Gasteiger partial charge on any atom is -0.444 e. The summed E-state index contributed by atoms with van der Waals surface area (Å²) >= 11 is 0. The average molecular weight is 747 g/mol. The van der Waals surface area contributed by atoms with E-state index in [1.54, 1.807) is 17.9 Å². The summed E-state index contributed by atoms with van der Waals surface area (Å²) in [7, 11) is -1.99. The van der Waals surface area contributed by atoms with Gasteiger partial charge in [-0.25, -0.2) is 9.18 Å². The molecular formula is C42H59FN4O5Si. The van der Waals surface area contributed by atoms with Crippen LogP contribution in [0.2, 0.25) is 18.1 Å². The van der Waals surface area contributed by atoms with Crippen molar-refractivity contribution in [2.24, 2.45) is 5.41 Å². The Labute approximate surface area is 315 Å². The van der Waals surface area contributed by atoms with Crippen molar-refractivity contribution in [3.63, 3.8) is 0 Å². The van der Waals surface area contributed by atoms with Crippen molar-refractivity contribution in [2.75, 3.05) is 32.8 Å². The highest BCUT2D eigenvalue weighted by molar-refractivity contribution is 6.74. The number of nitrogens with zero attached hydrogens (tertiary/aromatic N) is 3. The Hall–Kier alpha value is -3.54. The Morgan fingerprint density at radius 1 is 0.981 bits per heavy atom. The number of carbonyl (C=O) groups is 2. The number of piperazine rings is 1. The van der Waals surface area contributed by atoms with E-state index in [-0.39, 0.29) is 34.1 Å². The van der Waals surface area contributed by atoms with Gasteiger partial charge in [-0.2, -0.15) is 0 Å². The second kappa shape index (κ2) is 14.6. The molecule has 0 bridgehead atoms. The lowest BCUT2D eigenvalue weighted by Gasteiger charge is -2.46. The van der Waals surface area contributed by atoms with Gasteiger partial charge in [0.1, 0.15) is 11.4 Å². The van der Waals surface area contributed by atoms with Crippen molar-refractivity contribution in [1.29, 1.82) is 0 Å². The van der Waals surface area contributed by atoms with Crippen LogP contribution < -0.4 is 10.9 Å². The van der Waals surface area contributed by atoms with Crippen molar-refractivity contribution >= 4 is 31.1 Å².